The molecule has 0 fully saturated rings. The average Bonchev–Trinajstić information content (AvgIpc) is 2.39. The van der Waals surface area contributed by atoms with E-state index in [0.717, 1.165) is 25.6 Å². The van der Waals surface area contributed by atoms with Crippen LogP contribution >= 0.6 is 59.4 Å². The first kappa shape index (κ1) is 15.4. The van der Waals surface area contributed by atoms with E-state index in [0.29, 0.717) is 11.6 Å². The third-order valence-electron chi connectivity index (χ3n) is 2.55. The van der Waals surface area contributed by atoms with Gasteiger partial charge in [0.1, 0.15) is 12.4 Å². The molecule has 2 aromatic carbocycles. The molecule has 2 aromatic rings. The van der Waals surface area contributed by atoms with Crippen LogP contribution in [0.2, 0.25) is 5.02 Å². The van der Waals surface area contributed by atoms with E-state index in [4.69, 9.17) is 16.3 Å². The topological polar surface area (TPSA) is 9.23 Å². The van der Waals surface area contributed by atoms with Crippen LogP contribution < -0.4 is 4.74 Å². The predicted molar refractivity (Wildman–Crippen MR) is 90.3 cm³/mol. The van der Waals surface area contributed by atoms with Crippen molar-refractivity contribution in [2.45, 2.75) is 11.9 Å². The number of benzene rings is 2. The Hall–Kier alpha value is -0.0300. The summed E-state index contributed by atoms with van der Waals surface area (Å²) in [5, 5.41) is 1.52. The third-order valence-corrected chi connectivity index (χ3v) is 4.66. The highest BCUT2D eigenvalue weighted by atomic mass is 79.9. The van der Waals surface area contributed by atoms with Gasteiger partial charge in [-0.1, -0.05) is 55.6 Å². The van der Waals surface area contributed by atoms with Crippen LogP contribution in [0.15, 0.2) is 45.3 Å². The van der Waals surface area contributed by atoms with Crippen molar-refractivity contribution in [2.75, 3.05) is 0 Å². The first-order valence-electron chi connectivity index (χ1n) is 5.51. The molecule has 0 N–H and O–H groups in total. The van der Waals surface area contributed by atoms with E-state index in [-0.39, 0.29) is 0 Å². The second kappa shape index (κ2) is 7.11. The lowest BCUT2D eigenvalue weighted by atomic mass is 10.2. The van der Waals surface area contributed by atoms with Crippen LogP contribution in [0.25, 0.3) is 0 Å². The van der Waals surface area contributed by atoms with Gasteiger partial charge in [0, 0.05) is 20.4 Å². The molecule has 0 saturated heterocycles. The van der Waals surface area contributed by atoms with E-state index >= 15 is 0 Å². The molecule has 0 aliphatic rings. The lowest BCUT2D eigenvalue weighted by molar-refractivity contribution is 0.304. The van der Waals surface area contributed by atoms with Crippen LogP contribution in [-0.4, -0.2) is 0 Å². The van der Waals surface area contributed by atoms with Crippen molar-refractivity contribution in [2.24, 2.45) is 0 Å². The number of halogens is 4. The van der Waals surface area contributed by atoms with E-state index in [9.17, 15) is 0 Å². The molecular weight excluding hydrogens is 459 g/mol. The van der Waals surface area contributed by atoms with Crippen molar-refractivity contribution in [3.05, 3.63) is 61.5 Å². The van der Waals surface area contributed by atoms with Crippen LogP contribution in [0, 0.1) is 0 Å². The van der Waals surface area contributed by atoms with Gasteiger partial charge >= 0.3 is 0 Å². The summed E-state index contributed by atoms with van der Waals surface area (Å²) in [5.41, 5.74) is 2.15. The summed E-state index contributed by atoms with van der Waals surface area (Å²) in [5.74, 6) is 0.809. The first-order valence-corrected chi connectivity index (χ1v) is 8.60. The highest BCUT2D eigenvalue weighted by Crippen LogP contribution is 2.29. The van der Waals surface area contributed by atoms with E-state index < -0.39 is 0 Å². The summed E-state index contributed by atoms with van der Waals surface area (Å²) < 4.78 is 7.69. The van der Waals surface area contributed by atoms with E-state index in [1.807, 2.05) is 36.4 Å². The minimum atomic E-state index is 0.443. The highest BCUT2D eigenvalue weighted by Gasteiger charge is 2.05. The van der Waals surface area contributed by atoms with Crippen LogP contribution in [0.1, 0.15) is 11.1 Å². The zero-order valence-corrected chi connectivity index (χ0v) is 15.3. The molecule has 0 aliphatic carbocycles. The fourth-order valence-electron chi connectivity index (χ4n) is 1.54. The number of ether oxygens (including phenoxy) is 1. The molecule has 0 radical (unpaired) electrons. The van der Waals surface area contributed by atoms with Crippen LogP contribution in [0.4, 0.5) is 0 Å². The summed E-state index contributed by atoms with van der Waals surface area (Å²) >= 11 is 16.5. The molecule has 19 heavy (non-hydrogen) atoms. The summed E-state index contributed by atoms with van der Waals surface area (Å²) in [4.78, 5) is 0. The largest absolute Gasteiger partial charge is 0.488 e. The quantitative estimate of drug-likeness (QED) is 0.475. The Labute approximate surface area is 142 Å². The molecule has 0 atom stereocenters. The molecule has 2 rings (SSSR count). The maximum Gasteiger partial charge on any atom is 0.134 e. The fourth-order valence-corrected chi connectivity index (χ4v) is 3.16. The van der Waals surface area contributed by atoms with Crippen LogP contribution in [-0.2, 0) is 11.9 Å². The van der Waals surface area contributed by atoms with Crippen molar-refractivity contribution in [1.29, 1.82) is 0 Å². The van der Waals surface area contributed by atoms with E-state index in [2.05, 4.69) is 47.8 Å². The number of hydrogen-bond donors (Lipinski definition) is 0. The second-order valence-corrected chi connectivity index (χ2v) is 6.66. The molecule has 0 aliphatic heterocycles. The molecule has 5 heteroatoms. The molecule has 0 unspecified atom stereocenters. The Morgan fingerprint density at radius 1 is 1.05 bits per heavy atom. The smallest absolute Gasteiger partial charge is 0.134 e. The van der Waals surface area contributed by atoms with E-state index in [1.165, 1.54) is 5.56 Å². The third kappa shape index (κ3) is 4.22. The Bertz CT molecular complexity index is 587. The monoisotopic (exact) mass is 466 g/mol. The zero-order valence-electron chi connectivity index (χ0n) is 9.80. The van der Waals surface area contributed by atoms with Gasteiger partial charge in [0.15, 0.2) is 0 Å². The van der Waals surface area contributed by atoms with Gasteiger partial charge in [-0.15, -0.1) is 0 Å². The van der Waals surface area contributed by atoms with Crippen molar-refractivity contribution in [3.8, 4) is 5.75 Å². The van der Waals surface area contributed by atoms with Gasteiger partial charge in [0.25, 0.3) is 0 Å². The maximum absolute atomic E-state index is 6.16. The Balaban J connectivity index is 2.10. The standard InChI is InChI=1S/C14H10Br3ClO/c15-7-9-1-4-14(12(17)5-9)19-8-10-2-3-11(16)6-13(10)18/h1-6H,7-8H2. The maximum atomic E-state index is 6.16. The van der Waals surface area contributed by atoms with Gasteiger partial charge in [-0.3, -0.25) is 0 Å². The van der Waals surface area contributed by atoms with Crippen LogP contribution in [0.5, 0.6) is 5.75 Å². The van der Waals surface area contributed by atoms with Crippen molar-refractivity contribution in [1.82, 2.24) is 0 Å². The van der Waals surface area contributed by atoms with Crippen molar-refractivity contribution >= 4 is 59.4 Å². The van der Waals surface area contributed by atoms with Crippen molar-refractivity contribution < 1.29 is 4.74 Å². The average molecular weight is 469 g/mol. The SMILES string of the molecule is Clc1cc(Br)ccc1COc1ccc(CBr)cc1Br. The lowest BCUT2D eigenvalue weighted by Crippen LogP contribution is -1.97. The minimum absolute atomic E-state index is 0.443. The van der Waals surface area contributed by atoms with Gasteiger partial charge in [0.05, 0.1) is 4.47 Å². The van der Waals surface area contributed by atoms with Gasteiger partial charge in [-0.2, -0.15) is 0 Å². The van der Waals surface area contributed by atoms with Gasteiger partial charge < -0.3 is 4.74 Å². The summed E-state index contributed by atoms with van der Waals surface area (Å²) in [6.07, 6.45) is 0. The highest BCUT2D eigenvalue weighted by molar-refractivity contribution is 9.11. The number of alkyl halides is 1. The molecule has 1 nitrogen and oxygen atoms in total. The number of hydrogen-bond acceptors (Lipinski definition) is 1. The number of rotatable bonds is 4. The molecule has 100 valence electrons. The Kier molecular flexibility index (Phi) is 5.75. The van der Waals surface area contributed by atoms with Gasteiger partial charge in [-0.25, -0.2) is 0 Å². The predicted octanol–water partition coefficient (Wildman–Crippen LogP) is 6.34. The minimum Gasteiger partial charge on any atom is -0.488 e. The molecule has 0 spiro atoms. The Morgan fingerprint density at radius 2 is 1.84 bits per heavy atom. The normalized spacial score (nSPS) is 10.5. The second-order valence-electron chi connectivity index (χ2n) is 3.92. The summed E-state index contributed by atoms with van der Waals surface area (Å²) in [6.45, 7) is 0.443. The van der Waals surface area contributed by atoms with Gasteiger partial charge in [0.2, 0.25) is 0 Å². The fraction of sp³-hybridized carbons (Fsp3) is 0.143. The summed E-state index contributed by atoms with van der Waals surface area (Å²) in [7, 11) is 0. The molecule has 0 heterocycles. The first-order chi connectivity index (χ1) is 9.10. The molecule has 0 saturated carbocycles. The summed E-state index contributed by atoms with van der Waals surface area (Å²) in [6, 6.07) is 11.8. The molecule has 0 aromatic heterocycles. The molecule has 0 bridgehead atoms. The Morgan fingerprint density at radius 3 is 2.47 bits per heavy atom. The van der Waals surface area contributed by atoms with Crippen molar-refractivity contribution in [3.63, 3.8) is 0 Å². The van der Waals surface area contributed by atoms with Crippen LogP contribution in [0.3, 0.4) is 0 Å². The van der Waals surface area contributed by atoms with E-state index in [1.54, 1.807) is 0 Å². The zero-order chi connectivity index (χ0) is 13.8. The lowest BCUT2D eigenvalue weighted by Gasteiger charge is -2.10. The van der Waals surface area contributed by atoms with Gasteiger partial charge in [-0.05, 0) is 45.8 Å². The molecule has 0 amide bonds. The molecular formula is C14H10Br3ClO.